The van der Waals surface area contributed by atoms with Gasteiger partial charge in [-0.15, -0.1) is 0 Å². The topological polar surface area (TPSA) is 89.9 Å². The minimum absolute atomic E-state index is 0.134. The van der Waals surface area contributed by atoms with Crippen LogP contribution in [-0.2, 0) is 17.1 Å². The normalized spacial score (nSPS) is 16.1. The third kappa shape index (κ3) is 6.47. The quantitative estimate of drug-likeness (QED) is 0.443. The maximum absolute atomic E-state index is 14.4. The van der Waals surface area contributed by atoms with Crippen molar-refractivity contribution in [2.75, 3.05) is 37.2 Å². The first-order valence-electron chi connectivity index (χ1n) is 11.8. The Morgan fingerprint density at radius 3 is 2.46 bits per heavy atom. The molecule has 1 atom stereocenters. The maximum Gasteiger partial charge on any atom is 0.254 e. The highest BCUT2D eigenvalue weighted by Gasteiger charge is 2.22. The molecule has 0 bridgehead atoms. The second-order valence-corrected chi connectivity index (χ2v) is 11.1. The van der Waals surface area contributed by atoms with E-state index in [0.717, 1.165) is 31.6 Å². The summed E-state index contributed by atoms with van der Waals surface area (Å²) in [6, 6.07) is 8.78. The lowest BCUT2D eigenvalue weighted by Crippen LogP contribution is -2.20. The van der Waals surface area contributed by atoms with E-state index in [4.69, 9.17) is 9.47 Å². The first-order chi connectivity index (χ1) is 17.5. The number of rotatable bonds is 9. The van der Waals surface area contributed by atoms with Crippen molar-refractivity contribution in [2.45, 2.75) is 13.3 Å². The number of nitrogens with one attached hydrogen (secondary N) is 1. The van der Waals surface area contributed by atoms with E-state index in [0.29, 0.717) is 23.8 Å². The smallest absolute Gasteiger partial charge is 0.254 e. The molecule has 2 aromatic carbocycles. The molecule has 11 heteroatoms. The Bertz CT molecular complexity index is 1460. The third-order valence-electron chi connectivity index (χ3n) is 6.19. The van der Waals surface area contributed by atoms with Gasteiger partial charge in [0, 0.05) is 54.7 Å². The maximum atomic E-state index is 14.4. The second kappa shape index (κ2) is 10.9. The molecule has 0 saturated carbocycles. The molecule has 8 nitrogen and oxygen atoms in total. The van der Waals surface area contributed by atoms with Crippen molar-refractivity contribution in [1.29, 1.82) is 0 Å². The largest absolute Gasteiger partial charge is 0.492 e. The highest BCUT2D eigenvalue weighted by molar-refractivity contribution is 7.92. The fourth-order valence-electron chi connectivity index (χ4n) is 4.13. The van der Waals surface area contributed by atoms with E-state index in [1.807, 2.05) is 7.05 Å². The molecule has 1 saturated heterocycles. The van der Waals surface area contributed by atoms with Crippen molar-refractivity contribution in [1.82, 2.24) is 9.47 Å². The molecule has 0 aliphatic carbocycles. The number of ether oxygens (including phenoxy) is 2. The number of benzene rings is 2. The zero-order valence-corrected chi connectivity index (χ0v) is 21.6. The lowest BCUT2D eigenvalue weighted by Gasteiger charge is -2.19. The highest BCUT2D eigenvalue weighted by Crippen LogP contribution is 2.40. The Kier molecular flexibility index (Phi) is 7.84. The predicted octanol–water partition coefficient (Wildman–Crippen LogP) is 4.21. The zero-order valence-electron chi connectivity index (χ0n) is 20.8. The minimum Gasteiger partial charge on any atom is -0.492 e. The molecule has 1 aliphatic heterocycles. The summed E-state index contributed by atoms with van der Waals surface area (Å²) < 4.78 is 68.0. The Labute approximate surface area is 214 Å². The number of likely N-dealkylation sites (tertiary alicyclic amines) is 1. The monoisotopic (exact) mass is 533 g/mol. The van der Waals surface area contributed by atoms with Crippen molar-refractivity contribution in [3.63, 3.8) is 0 Å². The number of hydrogen-bond donors (Lipinski definition) is 1. The zero-order chi connectivity index (χ0) is 26.7. The summed E-state index contributed by atoms with van der Waals surface area (Å²) in [5.41, 5.74) is 0.760. The van der Waals surface area contributed by atoms with Gasteiger partial charge < -0.3 is 18.9 Å². The van der Waals surface area contributed by atoms with Crippen LogP contribution in [0.5, 0.6) is 17.2 Å². The molecule has 4 rings (SSSR count). The number of anilines is 1. The molecule has 0 radical (unpaired) electrons. The van der Waals surface area contributed by atoms with E-state index in [2.05, 4.69) is 9.62 Å². The summed E-state index contributed by atoms with van der Waals surface area (Å²) >= 11 is 0. The van der Waals surface area contributed by atoms with Crippen molar-refractivity contribution in [3.05, 3.63) is 70.6 Å². The van der Waals surface area contributed by atoms with Gasteiger partial charge in [-0.1, -0.05) is 0 Å². The van der Waals surface area contributed by atoms with E-state index in [9.17, 15) is 22.0 Å². The fourth-order valence-corrected chi connectivity index (χ4v) is 4.76. The number of pyridine rings is 1. The van der Waals surface area contributed by atoms with Crippen molar-refractivity contribution < 1.29 is 26.7 Å². The van der Waals surface area contributed by atoms with E-state index < -0.39 is 21.7 Å². The molecule has 2 heterocycles. The Balaban J connectivity index is 1.80. The average Bonchev–Trinajstić information content (AvgIpc) is 3.27. The van der Waals surface area contributed by atoms with E-state index in [1.54, 1.807) is 13.2 Å². The summed E-state index contributed by atoms with van der Waals surface area (Å²) in [4.78, 5) is 14.7. The Hall–Kier alpha value is -3.44. The summed E-state index contributed by atoms with van der Waals surface area (Å²) in [7, 11) is 0.0174. The molecule has 1 N–H and O–H groups in total. The van der Waals surface area contributed by atoms with Crippen LogP contribution in [0.2, 0.25) is 0 Å². The van der Waals surface area contributed by atoms with Gasteiger partial charge in [0.25, 0.3) is 5.56 Å². The van der Waals surface area contributed by atoms with Gasteiger partial charge in [0.05, 0.1) is 12.4 Å². The van der Waals surface area contributed by atoms with Gasteiger partial charge in [0.1, 0.15) is 17.3 Å². The molecular formula is C26H29F2N3O5S. The summed E-state index contributed by atoms with van der Waals surface area (Å²) in [6.07, 6.45) is 2.52. The summed E-state index contributed by atoms with van der Waals surface area (Å²) in [5.74, 6) is -1.26. The van der Waals surface area contributed by atoms with Gasteiger partial charge in [0.2, 0.25) is 10.0 Å². The van der Waals surface area contributed by atoms with Crippen LogP contribution >= 0.6 is 0 Å². The van der Waals surface area contributed by atoms with Gasteiger partial charge in [-0.2, -0.15) is 0 Å². The first kappa shape index (κ1) is 26.6. The molecule has 1 aromatic heterocycles. The number of nitrogens with zero attached hydrogens (tertiary/aromatic N) is 2. The molecular weight excluding hydrogens is 504 g/mol. The Morgan fingerprint density at radius 2 is 1.78 bits per heavy atom. The standard InChI is InChI=1S/C26H29F2N3O5S/c1-4-37(33,34)29-19-6-8-23(36-24-7-5-18(27)11-22(24)28)20(12-19)21-15-31(3)26(32)13-25(21)35-16-17-9-10-30(2)14-17/h5-8,11-13,15,17,29H,4,9-10,14,16H2,1-3H3. The third-order valence-corrected chi connectivity index (χ3v) is 7.50. The molecule has 3 aromatic rings. The lowest BCUT2D eigenvalue weighted by atomic mass is 10.0. The molecule has 1 fully saturated rings. The van der Waals surface area contributed by atoms with Crippen LogP contribution in [0.25, 0.3) is 11.1 Å². The molecule has 37 heavy (non-hydrogen) atoms. The number of sulfonamides is 1. The Morgan fingerprint density at radius 1 is 1.03 bits per heavy atom. The van der Waals surface area contributed by atoms with Crippen LogP contribution in [0, 0.1) is 17.6 Å². The predicted molar refractivity (Wildman–Crippen MR) is 138 cm³/mol. The van der Waals surface area contributed by atoms with Gasteiger partial charge in [0.15, 0.2) is 11.6 Å². The van der Waals surface area contributed by atoms with Crippen LogP contribution in [0.1, 0.15) is 13.3 Å². The molecule has 1 unspecified atom stereocenters. The van der Waals surface area contributed by atoms with Crippen molar-refractivity contribution >= 4 is 15.7 Å². The second-order valence-electron chi connectivity index (χ2n) is 9.12. The van der Waals surface area contributed by atoms with Crippen LogP contribution in [0.15, 0.2) is 53.5 Å². The van der Waals surface area contributed by atoms with Gasteiger partial charge in [-0.05, 0) is 57.3 Å². The van der Waals surface area contributed by atoms with Crippen molar-refractivity contribution in [2.24, 2.45) is 13.0 Å². The van der Waals surface area contributed by atoms with Gasteiger partial charge >= 0.3 is 0 Å². The lowest BCUT2D eigenvalue weighted by molar-refractivity contribution is 0.249. The van der Waals surface area contributed by atoms with Gasteiger partial charge in [-0.25, -0.2) is 17.2 Å². The van der Waals surface area contributed by atoms with Crippen LogP contribution in [0.4, 0.5) is 14.5 Å². The van der Waals surface area contributed by atoms with Crippen LogP contribution < -0.4 is 19.8 Å². The highest BCUT2D eigenvalue weighted by atomic mass is 32.2. The summed E-state index contributed by atoms with van der Waals surface area (Å²) in [5, 5.41) is 0. The average molecular weight is 534 g/mol. The summed E-state index contributed by atoms with van der Waals surface area (Å²) in [6.45, 7) is 3.72. The van der Waals surface area contributed by atoms with E-state index in [-0.39, 0.29) is 40.2 Å². The minimum atomic E-state index is -3.59. The molecule has 0 spiro atoms. The molecule has 0 amide bonds. The number of hydrogen-bond acceptors (Lipinski definition) is 6. The van der Waals surface area contributed by atoms with Gasteiger partial charge in [-0.3, -0.25) is 9.52 Å². The van der Waals surface area contributed by atoms with Crippen molar-refractivity contribution in [3.8, 4) is 28.4 Å². The number of halogens is 2. The first-order valence-corrected chi connectivity index (χ1v) is 13.5. The van der Waals surface area contributed by atoms with E-state index >= 15 is 0 Å². The number of aromatic nitrogens is 1. The molecule has 1 aliphatic rings. The van der Waals surface area contributed by atoms with Crippen LogP contribution in [0.3, 0.4) is 0 Å². The van der Waals surface area contributed by atoms with E-state index in [1.165, 1.54) is 35.8 Å². The SMILES string of the molecule is CCS(=O)(=O)Nc1ccc(Oc2ccc(F)cc2F)c(-c2cn(C)c(=O)cc2OCC2CCN(C)C2)c1. The molecule has 198 valence electrons. The number of aryl methyl sites for hydroxylation is 1. The van der Waals surface area contributed by atoms with Crippen LogP contribution in [-0.4, -0.2) is 50.4 Å². The fraction of sp³-hybridized carbons (Fsp3) is 0.346.